The van der Waals surface area contributed by atoms with Gasteiger partial charge in [0.1, 0.15) is 0 Å². The molecule has 6 rings (SSSR count). The van der Waals surface area contributed by atoms with E-state index in [4.69, 9.17) is 0 Å². The monoisotopic (exact) mass is 482 g/mol. The highest BCUT2D eigenvalue weighted by molar-refractivity contribution is 8.02. The molecule has 0 bridgehead atoms. The molecule has 2 amide bonds. The lowest BCUT2D eigenvalue weighted by Gasteiger charge is -2.50. The van der Waals surface area contributed by atoms with Crippen molar-refractivity contribution in [1.82, 2.24) is 0 Å². The molecule has 0 N–H and O–H groups in total. The molecule has 5 heteroatoms. The molecule has 0 unspecified atom stereocenters. The summed E-state index contributed by atoms with van der Waals surface area (Å²) in [6.07, 6.45) is 0.796. The van der Waals surface area contributed by atoms with Gasteiger partial charge in [0.25, 0.3) is 5.91 Å². The van der Waals surface area contributed by atoms with Crippen molar-refractivity contribution in [2.45, 2.75) is 56.9 Å². The minimum Gasteiger partial charge on any atom is -0.303 e. The summed E-state index contributed by atoms with van der Waals surface area (Å²) in [6, 6.07) is 22.9. The first-order valence-corrected chi connectivity index (χ1v) is 13.2. The lowest BCUT2D eigenvalue weighted by Crippen LogP contribution is -2.58. The summed E-state index contributed by atoms with van der Waals surface area (Å²) in [5.74, 6) is 0.258. The Hall–Kier alpha value is -3.05. The highest BCUT2D eigenvalue weighted by Gasteiger charge is 2.65. The van der Waals surface area contributed by atoms with Gasteiger partial charge in [0, 0.05) is 22.2 Å². The van der Waals surface area contributed by atoms with Crippen LogP contribution in [0.4, 0.5) is 11.4 Å². The molecular weight excluding hydrogens is 452 g/mol. The van der Waals surface area contributed by atoms with E-state index in [2.05, 4.69) is 77.1 Å². The van der Waals surface area contributed by atoms with Crippen molar-refractivity contribution in [3.8, 4) is 0 Å². The molecule has 0 radical (unpaired) electrons. The second-order valence-electron chi connectivity index (χ2n) is 11.0. The molecule has 2 atom stereocenters. The maximum absolute atomic E-state index is 14.6. The quantitative estimate of drug-likeness (QED) is 0.445. The molecular formula is C30H30N2O2S. The molecule has 3 aromatic carbocycles. The van der Waals surface area contributed by atoms with Crippen LogP contribution in [0.3, 0.4) is 0 Å². The number of fused-ring (bicyclic) bond motifs is 1. The Morgan fingerprint density at radius 1 is 0.800 bits per heavy atom. The van der Waals surface area contributed by atoms with E-state index >= 15 is 0 Å². The normalized spacial score (nSPS) is 26.5. The number of benzene rings is 3. The van der Waals surface area contributed by atoms with Gasteiger partial charge < -0.3 is 4.90 Å². The number of thioether (sulfide) groups is 1. The summed E-state index contributed by atoms with van der Waals surface area (Å²) in [5, 5.41) is 0. The number of hydrogen-bond acceptors (Lipinski definition) is 3. The SMILES string of the molecule is Cc1ccc(N2C(=O)CS[C@]23C(=O)N2c4c(cccc43)[C@](C)(c3ccccc3)CC2(C)C)cc1C. The Bertz CT molecular complexity index is 1400. The number of amides is 2. The van der Waals surface area contributed by atoms with Crippen molar-refractivity contribution in [3.05, 3.63) is 94.5 Å². The molecule has 0 aliphatic carbocycles. The Balaban J connectivity index is 1.63. The van der Waals surface area contributed by atoms with Gasteiger partial charge in [0.15, 0.2) is 0 Å². The molecule has 1 spiro atoms. The van der Waals surface area contributed by atoms with Gasteiger partial charge in [-0.1, -0.05) is 61.5 Å². The molecule has 0 saturated carbocycles. The molecule has 3 aliphatic rings. The Kier molecular flexibility index (Phi) is 4.63. The molecule has 178 valence electrons. The minimum atomic E-state index is -1.08. The van der Waals surface area contributed by atoms with Gasteiger partial charge in [-0.25, -0.2) is 0 Å². The van der Waals surface area contributed by atoms with Crippen LogP contribution in [0.25, 0.3) is 0 Å². The van der Waals surface area contributed by atoms with Crippen LogP contribution in [-0.4, -0.2) is 23.1 Å². The summed E-state index contributed by atoms with van der Waals surface area (Å²) in [4.78, 5) is 30.7. The van der Waals surface area contributed by atoms with Crippen LogP contribution in [0, 0.1) is 13.8 Å². The van der Waals surface area contributed by atoms with Crippen LogP contribution in [0.15, 0.2) is 66.7 Å². The fourth-order valence-electron chi connectivity index (χ4n) is 6.57. The second kappa shape index (κ2) is 7.23. The zero-order valence-corrected chi connectivity index (χ0v) is 21.7. The van der Waals surface area contributed by atoms with Crippen LogP contribution in [0.1, 0.15) is 55.0 Å². The van der Waals surface area contributed by atoms with Crippen molar-refractivity contribution in [2.24, 2.45) is 0 Å². The van der Waals surface area contributed by atoms with Crippen molar-refractivity contribution in [1.29, 1.82) is 0 Å². The highest BCUT2D eigenvalue weighted by atomic mass is 32.2. The van der Waals surface area contributed by atoms with Crippen LogP contribution in [-0.2, 0) is 19.9 Å². The number of anilines is 2. The number of aryl methyl sites for hydroxylation is 2. The van der Waals surface area contributed by atoms with Crippen molar-refractivity contribution >= 4 is 35.0 Å². The third-order valence-corrected chi connectivity index (χ3v) is 9.62. The number of carbonyl (C=O) groups excluding carboxylic acids is 2. The predicted molar refractivity (Wildman–Crippen MR) is 143 cm³/mol. The highest BCUT2D eigenvalue weighted by Crippen LogP contribution is 2.62. The topological polar surface area (TPSA) is 40.6 Å². The molecule has 3 heterocycles. The molecule has 1 saturated heterocycles. The molecule has 1 fully saturated rings. The smallest absolute Gasteiger partial charge is 0.269 e. The molecule has 3 aromatic rings. The zero-order valence-electron chi connectivity index (χ0n) is 20.9. The van der Waals surface area contributed by atoms with E-state index in [1.807, 2.05) is 29.2 Å². The third-order valence-electron chi connectivity index (χ3n) is 8.23. The van der Waals surface area contributed by atoms with Gasteiger partial charge in [-0.3, -0.25) is 14.5 Å². The first-order chi connectivity index (χ1) is 16.6. The predicted octanol–water partition coefficient (Wildman–Crippen LogP) is 6.07. The van der Waals surface area contributed by atoms with Gasteiger partial charge in [0.2, 0.25) is 10.8 Å². The van der Waals surface area contributed by atoms with Crippen LogP contribution < -0.4 is 9.80 Å². The lowest BCUT2D eigenvalue weighted by molar-refractivity contribution is -0.124. The van der Waals surface area contributed by atoms with Crippen LogP contribution in [0.2, 0.25) is 0 Å². The average Bonchev–Trinajstić information content (AvgIpc) is 3.30. The Labute approximate surface area is 211 Å². The Morgan fingerprint density at radius 3 is 2.23 bits per heavy atom. The van der Waals surface area contributed by atoms with Gasteiger partial charge >= 0.3 is 0 Å². The molecule has 0 aromatic heterocycles. The summed E-state index contributed by atoms with van der Waals surface area (Å²) in [5.41, 5.74) is 6.72. The fraction of sp³-hybridized carbons (Fsp3) is 0.333. The fourth-order valence-corrected chi connectivity index (χ4v) is 7.90. The van der Waals surface area contributed by atoms with Crippen molar-refractivity contribution in [3.63, 3.8) is 0 Å². The van der Waals surface area contributed by atoms with E-state index in [1.54, 1.807) is 4.90 Å². The van der Waals surface area contributed by atoms with Gasteiger partial charge in [0.05, 0.1) is 11.4 Å². The van der Waals surface area contributed by atoms with Crippen molar-refractivity contribution < 1.29 is 9.59 Å². The largest absolute Gasteiger partial charge is 0.303 e. The van der Waals surface area contributed by atoms with Crippen LogP contribution >= 0.6 is 11.8 Å². The Morgan fingerprint density at radius 2 is 1.51 bits per heavy atom. The minimum absolute atomic E-state index is 0.00543. The molecule has 3 aliphatic heterocycles. The molecule has 35 heavy (non-hydrogen) atoms. The van der Waals surface area contributed by atoms with Crippen molar-refractivity contribution in [2.75, 3.05) is 15.6 Å². The molecule has 4 nitrogen and oxygen atoms in total. The van der Waals surface area contributed by atoms with E-state index in [-0.39, 0.29) is 23.0 Å². The number of rotatable bonds is 2. The van der Waals surface area contributed by atoms with Crippen LogP contribution in [0.5, 0.6) is 0 Å². The first-order valence-electron chi connectivity index (χ1n) is 12.2. The summed E-state index contributed by atoms with van der Waals surface area (Å²) in [7, 11) is 0. The maximum atomic E-state index is 14.6. The number of carbonyl (C=O) groups is 2. The average molecular weight is 483 g/mol. The summed E-state index contributed by atoms with van der Waals surface area (Å²) in [6.45, 7) is 10.7. The summed E-state index contributed by atoms with van der Waals surface area (Å²) >= 11 is 1.46. The standard InChI is InChI=1S/C30H30N2O2S/c1-19-14-15-22(16-20(19)2)31-25(33)17-35-30(31)24-13-9-12-23-26(24)32(27(30)34)28(3,4)18-29(23,5)21-10-7-6-8-11-21/h6-16H,17-18H2,1-5H3/t29-,30+/m0/s1. The summed E-state index contributed by atoms with van der Waals surface area (Å²) < 4.78 is 0. The van der Waals surface area contributed by atoms with Gasteiger partial charge in [-0.15, -0.1) is 11.8 Å². The first kappa shape index (κ1) is 22.4. The number of para-hydroxylation sites is 1. The number of nitrogens with zero attached hydrogens (tertiary/aromatic N) is 2. The number of hydrogen-bond donors (Lipinski definition) is 0. The van der Waals surface area contributed by atoms with E-state index in [0.29, 0.717) is 0 Å². The zero-order chi connectivity index (χ0) is 24.8. The second-order valence-corrected chi connectivity index (χ2v) is 12.1. The van der Waals surface area contributed by atoms with E-state index < -0.39 is 10.4 Å². The van der Waals surface area contributed by atoms with Gasteiger partial charge in [-0.2, -0.15) is 0 Å². The maximum Gasteiger partial charge on any atom is 0.269 e. The van der Waals surface area contributed by atoms with E-state index in [1.165, 1.54) is 22.9 Å². The van der Waals surface area contributed by atoms with Gasteiger partial charge in [-0.05, 0) is 68.5 Å². The van der Waals surface area contributed by atoms with E-state index in [9.17, 15) is 9.59 Å². The third kappa shape index (κ3) is 2.82. The lowest BCUT2D eigenvalue weighted by atomic mass is 9.65. The van der Waals surface area contributed by atoms with E-state index in [0.717, 1.165) is 34.5 Å².